The summed E-state index contributed by atoms with van der Waals surface area (Å²) in [4.78, 5) is 12.0. The van der Waals surface area contributed by atoms with Crippen molar-refractivity contribution in [3.05, 3.63) is 35.4 Å². The average molecular weight is 288 g/mol. The molecule has 0 atom stereocenters. The van der Waals surface area contributed by atoms with Gasteiger partial charge in [0.2, 0.25) is 5.91 Å². The van der Waals surface area contributed by atoms with Crippen LogP contribution in [0.2, 0.25) is 0 Å². The van der Waals surface area contributed by atoms with E-state index >= 15 is 0 Å². The van der Waals surface area contributed by atoms with Crippen LogP contribution in [-0.2, 0) is 17.8 Å². The van der Waals surface area contributed by atoms with Crippen LogP contribution < -0.4 is 11.1 Å². The smallest absolute Gasteiger partial charge is 0.224 e. The molecule has 3 N–H and O–H groups in total. The van der Waals surface area contributed by atoms with E-state index in [9.17, 15) is 4.79 Å². The molecule has 2 rings (SSSR count). The lowest BCUT2D eigenvalue weighted by Gasteiger charge is -2.26. The molecule has 1 aliphatic rings. The summed E-state index contributed by atoms with van der Waals surface area (Å²) in [5, 5.41) is 3.06. The zero-order valence-corrected chi connectivity index (χ0v) is 13.1. The van der Waals surface area contributed by atoms with Gasteiger partial charge in [-0.15, -0.1) is 0 Å². The summed E-state index contributed by atoms with van der Waals surface area (Å²) in [6.45, 7) is 3.64. The van der Waals surface area contributed by atoms with Gasteiger partial charge in [0.15, 0.2) is 0 Å². The van der Waals surface area contributed by atoms with Gasteiger partial charge in [-0.05, 0) is 29.4 Å². The van der Waals surface area contributed by atoms with E-state index in [-0.39, 0.29) is 5.91 Å². The van der Waals surface area contributed by atoms with Crippen molar-refractivity contribution in [3.8, 4) is 0 Å². The van der Waals surface area contributed by atoms with Gasteiger partial charge in [-0.1, -0.05) is 56.9 Å². The fraction of sp³-hybridized carbons (Fsp3) is 0.611. The van der Waals surface area contributed by atoms with Gasteiger partial charge in [-0.25, -0.2) is 0 Å². The summed E-state index contributed by atoms with van der Waals surface area (Å²) in [5.41, 5.74) is 7.81. The number of rotatable bonds is 6. The molecule has 0 unspecified atom stereocenters. The monoisotopic (exact) mass is 288 g/mol. The molecule has 21 heavy (non-hydrogen) atoms. The largest absolute Gasteiger partial charge is 0.356 e. The Labute approximate surface area is 128 Å². The van der Waals surface area contributed by atoms with Crippen LogP contribution in [-0.4, -0.2) is 12.5 Å². The summed E-state index contributed by atoms with van der Waals surface area (Å²) in [7, 11) is 0. The van der Waals surface area contributed by atoms with Crippen molar-refractivity contribution in [2.24, 2.45) is 17.6 Å². The van der Waals surface area contributed by atoms with E-state index in [1.165, 1.54) is 25.7 Å². The third-order valence-electron chi connectivity index (χ3n) is 4.70. The first-order chi connectivity index (χ1) is 10.2. The highest BCUT2D eigenvalue weighted by atomic mass is 16.1. The van der Waals surface area contributed by atoms with Crippen LogP contribution in [0.25, 0.3) is 0 Å². The minimum absolute atomic E-state index is 0.111. The van der Waals surface area contributed by atoms with Crippen LogP contribution in [0.15, 0.2) is 24.3 Å². The number of benzene rings is 1. The molecule has 1 aromatic carbocycles. The third-order valence-corrected chi connectivity index (χ3v) is 4.70. The maximum atomic E-state index is 12.0. The number of nitrogens with one attached hydrogen (secondary N) is 1. The third kappa shape index (κ3) is 5.16. The van der Waals surface area contributed by atoms with Gasteiger partial charge in [-0.3, -0.25) is 4.79 Å². The molecule has 3 nitrogen and oxygen atoms in total. The lowest BCUT2D eigenvalue weighted by molar-refractivity contribution is -0.120. The standard InChI is InChI=1S/C18H28N2O/c1-14-6-8-15(9-7-14)10-11-20-18(21)12-16-4-2-3-5-17(16)13-19/h2-5,14-15H,6-13,19H2,1H3,(H,20,21). The molecule has 1 aliphatic carbocycles. The number of amides is 1. The quantitative estimate of drug-likeness (QED) is 0.845. The van der Waals surface area contributed by atoms with Gasteiger partial charge in [0.1, 0.15) is 0 Å². The predicted octanol–water partition coefficient (Wildman–Crippen LogP) is 3.02. The second-order valence-corrected chi connectivity index (χ2v) is 6.41. The molecule has 1 saturated carbocycles. The van der Waals surface area contributed by atoms with Crippen LogP contribution in [0, 0.1) is 11.8 Å². The van der Waals surface area contributed by atoms with Crippen LogP contribution in [0.1, 0.15) is 50.2 Å². The van der Waals surface area contributed by atoms with Gasteiger partial charge < -0.3 is 11.1 Å². The van der Waals surface area contributed by atoms with E-state index < -0.39 is 0 Å². The highest BCUT2D eigenvalue weighted by Gasteiger charge is 2.18. The number of hydrogen-bond acceptors (Lipinski definition) is 2. The zero-order valence-electron chi connectivity index (χ0n) is 13.1. The Morgan fingerprint density at radius 1 is 1.19 bits per heavy atom. The van der Waals surface area contributed by atoms with E-state index in [4.69, 9.17) is 5.73 Å². The summed E-state index contributed by atoms with van der Waals surface area (Å²) in [5.74, 6) is 1.81. The lowest BCUT2D eigenvalue weighted by atomic mass is 9.81. The average Bonchev–Trinajstić information content (AvgIpc) is 2.50. The SMILES string of the molecule is CC1CCC(CCNC(=O)Cc2ccccc2CN)CC1. The Morgan fingerprint density at radius 3 is 2.52 bits per heavy atom. The molecule has 0 heterocycles. The predicted molar refractivity (Wildman–Crippen MR) is 86.8 cm³/mol. The molecule has 1 amide bonds. The number of carbonyl (C=O) groups excluding carboxylic acids is 1. The molecule has 0 radical (unpaired) electrons. The second-order valence-electron chi connectivity index (χ2n) is 6.41. The Kier molecular flexibility index (Phi) is 6.24. The van der Waals surface area contributed by atoms with Gasteiger partial charge in [-0.2, -0.15) is 0 Å². The van der Waals surface area contributed by atoms with Crippen molar-refractivity contribution in [2.45, 2.75) is 52.0 Å². The van der Waals surface area contributed by atoms with Crippen LogP contribution >= 0.6 is 0 Å². The topological polar surface area (TPSA) is 55.1 Å². The first-order valence-corrected chi connectivity index (χ1v) is 8.22. The molecule has 116 valence electrons. The molecule has 1 aromatic rings. The molecule has 1 fully saturated rings. The fourth-order valence-corrected chi connectivity index (χ4v) is 3.20. The van der Waals surface area contributed by atoms with Crippen molar-refractivity contribution >= 4 is 5.91 Å². The normalized spacial score (nSPS) is 22.0. The Bertz CT molecular complexity index is 450. The summed E-state index contributed by atoms with van der Waals surface area (Å²) in [6, 6.07) is 7.91. The molecule has 0 spiro atoms. The van der Waals surface area contributed by atoms with Gasteiger partial charge >= 0.3 is 0 Å². The Hall–Kier alpha value is -1.35. The van der Waals surface area contributed by atoms with Crippen LogP contribution in [0.3, 0.4) is 0 Å². The minimum atomic E-state index is 0.111. The minimum Gasteiger partial charge on any atom is -0.356 e. The van der Waals surface area contributed by atoms with E-state index in [0.29, 0.717) is 13.0 Å². The van der Waals surface area contributed by atoms with E-state index in [0.717, 1.165) is 35.9 Å². The number of hydrogen-bond donors (Lipinski definition) is 2. The molecule has 0 aromatic heterocycles. The maximum Gasteiger partial charge on any atom is 0.224 e. The molecular formula is C18H28N2O. The highest BCUT2D eigenvalue weighted by Crippen LogP contribution is 2.29. The van der Waals surface area contributed by atoms with Gasteiger partial charge in [0, 0.05) is 13.1 Å². The van der Waals surface area contributed by atoms with Crippen molar-refractivity contribution in [3.63, 3.8) is 0 Å². The lowest BCUT2D eigenvalue weighted by Crippen LogP contribution is -2.28. The molecule has 0 saturated heterocycles. The Morgan fingerprint density at radius 2 is 1.86 bits per heavy atom. The maximum absolute atomic E-state index is 12.0. The number of nitrogens with two attached hydrogens (primary N) is 1. The first-order valence-electron chi connectivity index (χ1n) is 8.22. The van der Waals surface area contributed by atoms with Crippen molar-refractivity contribution < 1.29 is 4.79 Å². The van der Waals surface area contributed by atoms with Crippen LogP contribution in [0.5, 0.6) is 0 Å². The van der Waals surface area contributed by atoms with E-state index in [2.05, 4.69) is 12.2 Å². The van der Waals surface area contributed by atoms with E-state index in [1.54, 1.807) is 0 Å². The van der Waals surface area contributed by atoms with Crippen LogP contribution in [0.4, 0.5) is 0 Å². The molecular weight excluding hydrogens is 260 g/mol. The van der Waals surface area contributed by atoms with Gasteiger partial charge in [0.05, 0.1) is 6.42 Å². The first kappa shape index (κ1) is 16.0. The van der Waals surface area contributed by atoms with Gasteiger partial charge in [0.25, 0.3) is 0 Å². The fourth-order valence-electron chi connectivity index (χ4n) is 3.20. The summed E-state index contributed by atoms with van der Waals surface area (Å²) < 4.78 is 0. The number of carbonyl (C=O) groups is 1. The molecule has 3 heteroatoms. The van der Waals surface area contributed by atoms with Crippen molar-refractivity contribution in [1.29, 1.82) is 0 Å². The molecule has 0 bridgehead atoms. The highest BCUT2D eigenvalue weighted by molar-refractivity contribution is 5.78. The zero-order chi connectivity index (χ0) is 15.1. The summed E-state index contributed by atoms with van der Waals surface area (Å²) in [6.07, 6.45) is 6.91. The second kappa shape index (κ2) is 8.18. The van der Waals surface area contributed by atoms with E-state index in [1.807, 2.05) is 24.3 Å². The summed E-state index contributed by atoms with van der Waals surface area (Å²) >= 11 is 0. The Balaban J connectivity index is 1.70. The molecule has 0 aliphatic heterocycles. The van der Waals surface area contributed by atoms with Crippen molar-refractivity contribution in [2.75, 3.05) is 6.54 Å². The van der Waals surface area contributed by atoms with Crippen molar-refractivity contribution in [1.82, 2.24) is 5.32 Å².